The van der Waals surface area contributed by atoms with Crippen LogP contribution >= 0.6 is 0 Å². The van der Waals surface area contributed by atoms with E-state index in [4.69, 9.17) is 4.42 Å². The molecule has 1 amide bonds. The lowest BCUT2D eigenvalue weighted by molar-refractivity contribution is -0.142. The van der Waals surface area contributed by atoms with Crippen molar-refractivity contribution in [2.45, 2.75) is 24.4 Å². The fourth-order valence-electron chi connectivity index (χ4n) is 2.45. The molecule has 0 aliphatic rings. The zero-order valence-electron chi connectivity index (χ0n) is 15.5. The highest BCUT2D eigenvalue weighted by atomic mass is 32.2. The molecule has 0 saturated heterocycles. The third-order valence-electron chi connectivity index (χ3n) is 4.36. The van der Waals surface area contributed by atoms with E-state index in [1.807, 2.05) is 0 Å². The predicted molar refractivity (Wildman–Crippen MR) is 98.1 cm³/mol. The molecule has 0 spiro atoms. The molecule has 27 heavy (non-hydrogen) atoms. The zero-order valence-corrected chi connectivity index (χ0v) is 16.3. The molecule has 2 N–H and O–H groups in total. The van der Waals surface area contributed by atoms with E-state index in [0.29, 0.717) is 5.56 Å². The largest absolute Gasteiger partial charge is 0.481 e. The Hall–Kier alpha value is -2.65. The van der Waals surface area contributed by atoms with E-state index in [9.17, 15) is 23.1 Å². The van der Waals surface area contributed by atoms with Crippen molar-refractivity contribution >= 4 is 21.9 Å². The maximum Gasteiger partial charge on any atom is 0.315 e. The Labute approximate surface area is 157 Å². The summed E-state index contributed by atoms with van der Waals surface area (Å²) in [6.07, 6.45) is 0. The lowest BCUT2D eigenvalue weighted by atomic mass is 9.82. The maximum atomic E-state index is 12.5. The molecular weight excluding hydrogens is 372 g/mol. The molecule has 8 nitrogen and oxygen atoms in total. The molecule has 0 aliphatic carbocycles. The van der Waals surface area contributed by atoms with Crippen molar-refractivity contribution in [2.24, 2.45) is 0 Å². The number of nitrogens with zero attached hydrogens (tertiary/aromatic N) is 1. The van der Waals surface area contributed by atoms with Gasteiger partial charge in [-0.15, -0.1) is 0 Å². The molecule has 2 rings (SSSR count). The van der Waals surface area contributed by atoms with Gasteiger partial charge in [0.25, 0.3) is 15.9 Å². The molecule has 1 aromatic carbocycles. The average Bonchev–Trinajstić information content (AvgIpc) is 3.02. The van der Waals surface area contributed by atoms with Gasteiger partial charge in [-0.05, 0) is 19.4 Å². The van der Waals surface area contributed by atoms with Crippen molar-refractivity contribution in [3.63, 3.8) is 0 Å². The molecule has 2 aromatic rings. The number of carboxylic acid groups (broad SMARTS) is 1. The molecule has 1 heterocycles. The molecule has 146 valence electrons. The number of aryl methyl sites for hydroxylation is 1. The van der Waals surface area contributed by atoms with Crippen molar-refractivity contribution in [1.29, 1.82) is 0 Å². The quantitative estimate of drug-likeness (QED) is 0.737. The van der Waals surface area contributed by atoms with Crippen molar-refractivity contribution in [3.05, 3.63) is 53.3 Å². The van der Waals surface area contributed by atoms with Crippen molar-refractivity contribution < 1.29 is 27.5 Å². The second kappa shape index (κ2) is 7.53. The number of amides is 1. The number of furan rings is 1. The molecule has 0 aliphatic heterocycles. The normalized spacial score (nSPS) is 14.0. The average molecular weight is 394 g/mol. The Kier molecular flexibility index (Phi) is 5.76. The van der Waals surface area contributed by atoms with Crippen LogP contribution in [0.4, 0.5) is 0 Å². The first-order chi connectivity index (χ1) is 12.5. The monoisotopic (exact) mass is 394 g/mol. The second-order valence-electron chi connectivity index (χ2n) is 6.51. The fourth-order valence-corrected chi connectivity index (χ4v) is 3.30. The van der Waals surface area contributed by atoms with E-state index in [-0.39, 0.29) is 23.0 Å². The van der Waals surface area contributed by atoms with E-state index >= 15 is 0 Å². The molecule has 1 aromatic heterocycles. The van der Waals surface area contributed by atoms with Gasteiger partial charge in [-0.1, -0.05) is 30.3 Å². The number of sulfonamides is 1. The van der Waals surface area contributed by atoms with E-state index < -0.39 is 27.3 Å². The fraction of sp³-hybridized carbons (Fsp3) is 0.333. The van der Waals surface area contributed by atoms with E-state index in [1.165, 1.54) is 27.9 Å². The first-order valence-electron chi connectivity index (χ1n) is 8.10. The van der Waals surface area contributed by atoms with Crippen molar-refractivity contribution in [2.75, 3.05) is 20.6 Å². The summed E-state index contributed by atoms with van der Waals surface area (Å²) in [5.74, 6) is -1.57. The standard InChI is InChI=1S/C18H22N2O6S/c1-12-14(10-15(26-12)27(24,25)20(3)4)16(21)19-11-18(2,17(22)23)13-8-6-5-7-9-13/h5-10H,11H2,1-4H3,(H,19,21)(H,22,23). The Morgan fingerprint density at radius 1 is 1.22 bits per heavy atom. The van der Waals surface area contributed by atoms with Crippen molar-refractivity contribution in [3.8, 4) is 0 Å². The van der Waals surface area contributed by atoms with Crippen LogP contribution in [0.3, 0.4) is 0 Å². The highest BCUT2D eigenvalue weighted by molar-refractivity contribution is 7.88. The van der Waals surface area contributed by atoms with Gasteiger partial charge in [-0.2, -0.15) is 0 Å². The first-order valence-corrected chi connectivity index (χ1v) is 9.54. The van der Waals surface area contributed by atoms with Crippen LogP contribution in [0.1, 0.15) is 28.6 Å². The number of carbonyl (C=O) groups excluding carboxylic acids is 1. The Balaban J connectivity index is 2.25. The highest BCUT2D eigenvalue weighted by Crippen LogP contribution is 2.25. The SMILES string of the molecule is Cc1oc(S(=O)(=O)N(C)C)cc1C(=O)NCC(C)(C(=O)O)c1ccccc1. The molecule has 0 fully saturated rings. The lowest BCUT2D eigenvalue weighted by Gasteiger charge is -2.25. The number of hydrogen-bond donors (Lipinski definition) is 2. The Bertz CT molecular complexity index is 949. The summed E-state index contributed by atoms with van der Waals surface area (Å²) in [7, 11) is -1.11. The first kappa shape index (κ1) is 20.7. The second-order valence-corrected chi connectivity index (χ2v) is 8.59. The van der Waals surface area contributed by atoms with Crippen LogP contribution in [0, 0.1) is 6.92 Å². The molecule has 0 bridgehead atoms. The molecule has 0 radical (unpaired) electrons. The minimum atomic E-state index is -3.82. The topological polar surface area (TPSA) is 117 Å². The van der Waals surface area contributed by atoms with Crippen LogP contribution in [0.2, 0.25) is 0 Å². The van der Waals surface area contributed by atoms with E-state index in [0.717, 1.165) is 10.4 Å². The smallest absolute Gasteiger partial charge is 0.315 e. The number of carboxylic acids is 1. The van der Waals surface area contributed by atoms with Crippen LogP contribution < -0.4 is 5.32 Å². The number of carbonyl (C=O) groups is 2. The van der Waals surface area contributed by atoms with E-state index in [2.05, 4.69) is 5.32 Å². The molecule has 1 atom stereocenters. The van der Waals surface area contributed by atoms with Crippen molar-refractivity contribution in [1.82, 2.24) is 9.62 Å². The Morgan fingerprint density at radius 2 is 1.81 bits per heavy atom. The number of aliphatic carboxylic acids is 1. The summed E-state index contributed by atoms with van der Waals surface area (Å²) in [5.41, 5.74) is -0.763. The number of nitrogens with one attached hydrogen (secondary N) is 1. The van der Waals surface area contributed by atoms with Crippen LogP contribution in [-0.2, 0) is 20.2 Å². The van der Waals surface area contributed by atoms with Crippen LogP contribution in [0.15, 0.2) is 45.9 Å². The third-order valence-corrected chi connectivity index (χ3v) is 6.03. The number of hydrogen-bond acceptors (Lipinski definition) is 5. The van der Waals surface area contributed by atoms with Gasteiger partial charge in [0, 0.05) is 26.7 Å². The van der Waals surface area contributed by atoms with Crippen LogP contribution in [0.25, 0.3) is 0 Å². The summed E-state index contributed by atoms with van der Waals surface area (Å²) < 4.78 is 30.5. The summed E-state index contributed by atoms with van der Waals surface area (Å²) in [6.45, 7) is 2.80. The Morgan fingerprint density at radius 3 is 2.33 bits per heavy atom. The van der Waals surface area contributed by atoms with Crippen LogP contribution in [-0.4, -0.2) is 50.3 Å². The molecular formula is C18H22N2O6S. The third kappa shape index (κ3) is 4.04. The summed E-state index contributed by atoms with van der Waals surface area (Å²) in [6, 6.07) is 9.69. The highest BCUT2D eigenvalue weighted by Gasteiger charge is 2.36. The van der Waals surface area contributed by atoms with Gasteiger partial charge in [0.1, 0.15) is 11.2 Å². The van der Waals surface area contributed by atoms with E-state index in [1.54, 1.807) is 30.3 Å². The lowest BCUT2D eigenvalue weighted by Crippen LogP contribution is -2.44. The van der Waals surface area contributed by atoms with Crippen LogP contribution in [0.5, 0.6) is 0 Å². The number of rotatable bonds is 7. The minimum Gasteiger partial charge on any atom is -0.481 e. The molecule has 0 saturated carbocycles. The number of benzene rings is 1. The molecule has 1 unspecified atom stereocenters. The maximum absolute atomic E-state index is 12.5. The summed E-state index contributed by atoms with van der Waals surface area (Å²) >= 11 is 0. The van der Waals surface area contributed by atoms with Gasteiger partial charge in [0.15, 0.2) is 0 Å². The zero-order chi connectivity index (χ0) is 20.4. The predicted octanol–water partition coefficient (Wildman–Crippen LogP) is 1.61. The molecule has 9 heteroatoms. The van der Waals surface area contributed by atoms with Gasteiger partial charge < -0.3 is 14.8 Å². The van der Waals surface area contributed by atoms with Gasteiger partial charge in [0.05, 0.1) is 5.56 Å². The van der Waals surface area contributed by atoms with Gasteiger partial charge in [-0.25, -0.2) is 12.7 Å². The van der Waals surface area contributed by atoms with Gasteiger partial charge >= 0.3 is 5.97 Å². The van der Waals surface area contributed by atoms with Gasteiger partial charge in [-0.3, -0.25) is 9.59 Å². The van der Waals surface area contributed by atoms with Gasteiger partial charge in [0.2, 0.25) is 5.09 Å². The summed E-state index contributed by atoms with van der Waals surface area (Å²) in [5, 5.41) is 11.9. The minimum absolute atomic E-state index is 0.0382. The summed E-state index contributed by atoms with van der Waals surface area (Å²) in [4.78, 5) is 24.3.